The Hall–Kier alpha value is -1.75. The van der Waals surface area contributed by atoms with E-state index in [9.17, 15) is 15.0 Å². The third-order valence-electron chi connectivity index (χ3n) is 2.56. The molecule has 0 saturated heterocycles. The van der Waals surface area contributed by atoms with E-state index < -0.39 is 0 Å². The summed E-state index contributed by atoms with van der Waals surface area (Å²) in [5.74, 6) is -0.663. The van der Waals surface area contributed by atoms with Crippen molar-refractivity contribution in [1.29, 1.82) is 0 Å². The Morgan fingerprint density at radius 2 is 1.79 bits per heavy atom. The van der Waals surface area contributed by atoms with Gasteiger partial charge in [0.2, 0.25) is 0 Å². The van der Waals surface area contributed by atoms with Gasteiger partial charge in [-0.3, -0.25) is 4.79 Å². The van der Waals surface area contributed by atoms with Crippen molar-refractivity contribution in [1.82, 2.24) is 5.32 Å². The van der Waals surface area contributed by atoms with Crippen LogP contribution in [0.2, 0.25) is 0 Å². The Morgan fingerprint density at radius 3 is 2.26 bits per heavy atom. The Morgan fingerprint density at radius 1 is 1.26 bits per heavy atom. The second kappa shape index (κ2) is 5.93. The molecule has 0 spiro atoms. The van der Waals surface area contributed by atoms with Crippen LogP contribution < -0.4 is 11.1 Å². The van der Waals surface area contributed by atoms with Gasteiger partial charge in [-0.2, -0.15) is 0 Å². The molecule has 0 heterocycles. The van der Waals surface area contributed by atoms with Gasteiger partial charge >= 0.3 is 0 Å². The second-order valence-corrected chi connectivity index (χ2v) is 5.97. The lowest BCUT2D eigenvalue weighted by atomic mass is 9.88. The zero-order chi connectivity index (χ0) is 14.6. The standard InChI is InChI=1S/C14H22N2O3/c1-14(2,3)7-10(15)8-16-13(19)9-4-11(17)6-12(18)5-9/h4-6,10,17-18H,7-8,15H2,1-3H3,(H,16,19). The summed E-state index contributed by atoms with van der Waals surface area (Å²) in [5.41, 5.74) is 6.25. The highest BCUT2D eigenvalue weighted by Crippen LogP contribution is 2.21. The number of nitrogens with one attached hydrogen (secondary N) is 1. The molecule has 0 radical (unpaired) electrons. The van der Waals surface area contributed by atoms with Gasteiger partial charge in [-0.1, -0.05) is 20.8 Å². The minimum Gasteiger partial charge on any atom is -0.508 e. The molecule has 1 atom stereocenters. The Balaban J connectivity index is 2.56. The van der Waals surface area contributed by atoms with Crippen molar-refractivity contribution in [3.05, 3.63) is 23.8 Å². The van der Waals surface area contributed by atoms with Crippen molar-refractivity contribution >= 4 is 5.91 Å². The number of nitrogens with two attached hydrogens (primary N) is 1. The number of phenols is 2. The van der Waals surface area contributed by atoms with Crippen molar-refractivity contribution in [3.8, 4) is 11.5 Å². The van der Waals surface area contributed by atoms with Gasteiger partial charge in [0.25, 0.3) is 5.91 Å². The minimum absolute atomic E-state index is 0.105. The highest BCUT2D eigenvalue weighted by atomic mass is 16.3. The molecule has 5 N–H and O–H groups in total. The first-order valence-corrected chi connectivity index (χ1v) is 6.24. The van der Waals surface area contributed by atoms with Crippen LogP contribution in [0.4, 0.5) is 0 Å². The monoisotopic (exact) mass is 266 g/mol. The molecule has 0 fully saturated rings. The molecule has 0 aromatic heterocycles. The molecule has 1 unspecified atom stereocenters. The van der Waals surface area contributed by atoms with Gasteiger partial charge in [0, 0.05) is 24.2 Å². The molecule has 1 aromatic carbocycles. The number of aromatic hydroxyl groups is 2. The average molecular weight is 266 g/mol. The lowest BCUT2D eigenvalue weighted by Gasteiger charge is -2.23. The van der Waals surface area contributed by atoms with Gasteiger partial charge in [0.15, 0.2) is 0 Å². The predicted molar refractivity (Wildman–Crippen MR) is 74.2 cm³/mol. The number of carbonyl (C=O) groups is 1. The van der Waals surface area contributed by atoms with Crippen LogP contribution in [-0.4, -0.2) is 28.7 Å². The van der Waals surface area contributed by atoms with Crippen molar-refractivity contribution in [2.45, 2.75) is 33.2 Å². The molecule has 0 aliphatic heterocycles. The summed E-state index contributed by atoms with van der Waals surface area (Å²) >= 11 is 0. The summed E-state index contributed by atoms with van der Waals surface area (Å²) < 4.78 is 0. The molecule has 0 aliphatic rings. The van der Waals surface area contributed by atoms with Crippen LogP contribution in [0.1, 0.15) is 37.6 Å². The summed E-state index contributed by atoms with van der Waals surface area (Å²) in [6.07, 6.45) is 0.790. The van der Waals surface area contributed by atoms with E-state index in [1.54, 1.807) is 0 Å². The fraction of sp³-hybridized carbons (Fsp3) is 0.500. The summed E-state index contributed by atoms with van der Waals surface area (Å²) in [6.45, 7) is 6.61. The smallest absolute Gasteiger partial charge is 0.251 e. The zero-order valence-electron chi connectivity index (χ0n) is 11.6. The van der Waals surface area contributed by atoms with Crippen LogP contribution in [0.15, 0.2) is 18.2 Å². The van der Waals surface area contributed by atoms with Crippen LogP contribution in [0.25, 0.3) is 0 Å². The van der Waals surface area contributed by atoms with E-state index in [4.69, 9.17) is 5.73 Å². The number of amides is 1. The van der Waals surface area contributed by atoms with E-state index in [1.807, 2.05) is 0 Å². The van der Waals surface area contributed by atoms with Crippen LogP contribution >= 0.6 is 0 Å². The maximum atomic E-state index is 11.8. The van der Waals surface area contributed by atoms with Gasteiger partial charge in [0.05, 0.1) is 0 Å². The zero-order valence-corrected chi connectivity index (χ0v) is 11.6. The third kappa shape index (κ3) is 5.61. The quantitative estimate of drug-likeness (QED) is 0.665. The fourth-order valence-electron chi connectivity index (χ4n) is 1.91. The Kier molecular flexibility index (Phi) is 4.78. The molecule has 0 bridgehead atoms. The summed E-state index contributed by atoms with van der Waals surface area (Å²) in [4.78, 5) is 11.8. The molecular weight excluding hydrogens is 244 g/mol. The topological polar surface area (TPSA) is 95.6 Å². The molecule has 0 saturated carbocycles. The number of benzene rings is 1. The van der Waals surface area contributed by atoms with Crippen LogP contribution in [0, 0.1) is 5.41 Å². The molecule has 1 amide bonds. The highest BCUT2D eigenvalue weighted by Gasteiger charge is 2.16. The lowest BCUT2D eigenvalue weighted by molar-refractivity contribution is 0.0948. The van der Waals surface area contributed by atoms with E-state index in [0.717, 1.165) is 6.42 Å². The number of rotatable bonds is 4. The first kappa shape index (κ1) is 15.3. The van der Waals surface area contributed by atoms with E-state index >= 15 is 0 Å². The molecule has 106 valence electrons. The third-order valence-corrected chi connectivity index (χ3v) is 2.56. The lowest BCUT2D eigenvalue weighted by Crippen LogP contribution is -2.39. The van der Waals surface area contributed by atoms with Crippen molar-refractivity contribution in [2.75, 3.05) is 6.54 Å². The summed E-state index contributed by atoms with van der Waals surface area (Å²) in [6, 6.07) is 3.63. The SMILES string of the molecule is CC(C)(C)CC(N)CNC(=O)c1cc(O)cc(O)c1. The fourth-order valence-corrected chi connectivity index (χ4v) is 1.91. The van der Waals surface area contributed by atoms with E-state index in [-0.39, 0.29) is 34.4 Å². The van der Waals surface area contributed by atoms with Crippen molar-refractivity contribution < 1.29 is 15.0 Å². The maximum Gasteiger partial charge on any atom is 0.251 e. The Bertz CT molecular complexity index is 432. The number of hydrogen-bond donors (Lipinski definition) is 4. The second-order valence-electron chi connectivity index (χ2n) is 5.97. The van der Waals surface area contributed by atoms with E-state index in [0.29, 0.717) is 6.54 Å². The number of phenolic OH excluding ortho intramolecular Hbond substituents is 2. The molecule has 5 nitrogen and oxygen atoms in total. The predicted octanol–water partition coefficient (Wildman–Crippen LogP) is 1.59. The first-order valence-electron chi connectivity index (χ1n) is 6.24. The number of hydrogen-bond acceptors (Lipinski definition) is 4. The van der Waals surface area contributed by atoms with E-state index in [1.165, 1.54) is 18.2 Å². The summed E-state index contributed by atoms with van der Waals surface area (Å²) in [7, 11) is 0. The molecule has 0 aliphatic carbocycles. The highest BCUT2D eigenvalue weighted by molar-refractivity contribution is 5.95. The van der Waals surface area contributed by atoms with Crippen LogP contribution in [0.3, 0.4) is 0 Å². The molecule has 1 rings (SSSR count). The summed E-state index contributed by atoms with van der Waals surface area (Å²) in [5, 5.41) is 21.3. The van der Waals surface area contributed by atoms with Gasteiger partial charge in [-0.25, -0.2) is 0 Å². The van der Waals surface area contributed by atoms with E-state index in [2.05, 4.69) is 26.1 Å². The van der Waals surface area contributed by atoms with Gasteiger partial charge in [-0.15, -0.1) is 0 Å². The van der Waals surface area contributed by atoms with Gasteiger partial charge in [-0.05, 0) is 24.0 Å². The normalized spacial score (nSPS) is 13.1. The molecular formula is C14H22N2O3. The molecule has 5 heteroatoms. The average Bonchev–Trinajstić information content (AvgIpc) is 2.22. The van der Waals surface area contributed by atoms with Gasteiger partial charge < -0.3 is 21.3 Å². The minimum atomic E-state index is -0.365. The van der Waals surface area contributed by atoms with Crippen LogP contribution in [-0.2, 0) is 0 Å². The van der Waals surface area contributed by atoms with Crippen molar-refractivity contribution in [3.63, 3.8) is 0 Å². The molecule has 19 heavy (non-hydrogen) atoms. The largest absolute Gasteiger partial charge is 0.508 e. The maximum absolute atomic E-state index is 11.8. The number of carbonyl (C=O) groups excluding carboxylic acids is 1. The molecule has 1 aromatic rings. The van der Waals surface area contributed by atoms with Crippen molar-refractivity contribution in [2.24, 2.45) is 11.1 Å². The Labute approximate surface area is 113 Å². The first-order chi connectivity index (χ1) is 8.67. The van der Waals surface area contributed by atoms with Gasteiger partial charge in [0.1, 0.15) is 11.5 Å². The van der Waals surface area contributed by atoms with Crippen LogP contribution in [0.5, 0.6) is 11.5 Å².